The van der Waals surface area contributed by atoms with Gasteiger partial charge < -0.3 is 5.32 Å². The van der Waals surface area contributed by atoms with Crippen molar-refractivity contribution in [3.05, 3.63) is 76.4 Å². The normalized spacial score (nSPS) is 25.7. The van der Waals surface area contributed by atoms with E-state index in [0.717, 1.165) is 6.42 Å². The van der Waals surface area contributed by atoms with Gasteiger partial charge in [0.2, 0.25) is 17.7 Å². The summed E-state index contributed by atoms with van der Waals surface area (Å²) in [6.07, 6.45) is 5.07. The van der Waals surface area contributed by atoms with E-state index in [1.807, 2.05) is 0 Å². The highest BCUT2D eigenvalue weighted by atomic mass is 16.6. The summed E-state index contributed by atoms with van der Waals surface area (Å²) < 4.78 is 0. The second-order valence-electron chi connectivity index (χ2n) is 8.21. The Morgan fingerprint density at radius 3 is 2.29 bits per heavy atom. The minimum absolute atomic E-state index is 0.0597. The predicted octanol–water partition coefficient (Wildman–Crippen LogP) is 3.09. The van der Waals surface area contributed by atoms with Crippen LogP contribution in [0.15, 0.2) is 60.7 Å². The van der Waals surface area contributed by atoms with Gasteiger partial charge in [-0.25, -0.2) is 0 Å². The number of imide groups is 1. The van der Waals surface area contributed by atoms with Crippen LogP contribution in [-0.4, -0.2) is 22.6 Å². The van der Waals surface area contributed by atoms with Gasteiger partial charge in [0, 0.05) is 17.8 Å². The number of hydrogen-bond donors (Lipinski definition) is 1. The maximum Gasteiger partial charge on any atom is 0.271 e. The first-order valence-corrected chi connectivity index (χ1v) is 10.1. The van der Waals surface area contributed by atoms with E-state index in [1.165, 1.54) is 23.1 Å². The average Bonchev–Trinajstić information content (AvgIpc) is 3.43. The topological polar surface area (TPSA) is 110 Å². The summed E-state index contributed by atoms with van der Waals surface area (Å²) in [5, 5.41) is 13.5. The highest BCUT2D eigenvalue weighted by Gasteiger charge is 2.59. The van der Waals surface area contributed by atoms with Gasteiger partial charge in [-0.2, -0.15) is 0 Å². The largest absolute Gasteiger partial charge is 0.326 e. The summed E-state index contributed by atoms with van der Waals surface area (Å²) in [6, 6.07) is 12.5. The van der Waals surface area contributed by atoms with E-state index >= 15 is 0 Å². The van der Waals surface area contributed by atoms with Gasteiger partial charge in [-0.05, 0) is 42.0 Å². The van der Waals surface area contributed by atoms with Crippen LogP contribution in [0, 0.1) is 33.8 Å². The van der Waals surface area contributed by atoms with Crippen LogP contribution in [0.25, 0.3) is 0 Å². The van der Waals surface area contributed by atoms with Crippen molar-refractivity contribution < 1.29 is 19.3 Å². The summed E-state index contributed by atoms with van der Waals surface area (Å²) in [5.74, 6) is -0.767. The zero-order chi connectivity index (χ0) is 21.7. The summed E-state index contributed by atoms with van der Waals surface area (Å²) in [4.78, 5) is 49.7. The van der Waals surface area contributed by atoms with Crippen molar-refractivity contribution in [3.8, 4) is 0 Å². The number of nitrogens with zero attached hydrogens (tertiary/aromatic N) is 2. The Balaban J connectivity index is 1.26. The molecular formula is C23H19N3O5. The Morgan fingerprint density at radius 1 is 1.03 bits per heavy atom. The van der Waals surface area contributed by atoms with Crippen LogP contribution in [-0.2, 0) is 20.8 Å². The number of carbonyl (C=O) groups is 3. The van der Waals surface area contributed by atoms with Gasteiger partial charge in [-0.15, -0.1) is 0 Å². The molecule has 0 aromatic heterocycles. The Morgan fingerprint density at radius 2 is 1.68 bits per heavy atom. The lowest BCUT2D eigenvalue weighted by Crippen LogP contribution is -2.32. The fourth-order valence-electron chi connectivity index (χ4n) is 5.01. The molecule has 2 aliphatic carbocycles. The van der Waals surface area contributed by atoms with Crippen LogP contribution in [0.5, 0.6) is 0 Å². The molecule has 4 unspecified atom stereocenters. The molecule has 0 spiro atoms. The van der Waals surface area contributed by atoms with E-state index in [1.54, 1.807) is 30.3 Å². The highest BCUT2D eigenvalue weighted by molar-refractivity contribution is 6.22. The van der Waals surface area contributed by atoms with Gasteiger partial charge >= 0.3 is 0 Å². The smallest absolute Gasteiger partial charge is 0.271 e. The van der Waals surface area contributed by atoms with E-state index < -0.39 is 4.92 Å². The summed E-state index contributed by atoms with van der Waals surface area (Å²) >= 11 is 0. The number of nitro benzene ring substituents is 1. The molecule has 8 heteroatoms. The van der Waals surface area contributed by atoms with Crippen molar-refractivity contribution in [2.45, 2.75) is 12.8 Å². The van der Waals surface area contributed by atoms with E-state index in [2.05, 4.69) is 17.5 Å². The second kappa shape index (κ2) is 7.16. The Hall–Kier alpha value is -3.81. The molecule has 3 aliphatic rings. The molecule has 1 saturated heterocycles. The second-order valence-corrected chi connectivity index (χ2v) is 8.21. The maximum absolute atomic E-state index is 12.9. The number of anilines is 2. The lowest BCUT2D eigenvalue weighted by molar-refractivity contribution is -0.384. The molecule has 0 radical (unpaired) electrons. The minimum Gasteiger partial charge on any atom is -0.326 e. The fourth-order valence-corrected chi connectivity index (χ4v) is 5.01. The zero-order valence-corrected chi connectivity index (χ0v) is 16.4. The van der Waals surface area contributed by atoms with Crippen molar-refractivity contribution >= 4 is 34.8 Å². The van der Waals surface area contributed by atoms with Crippen LogP contribution >= 0.6 is 0 Å². The molecule has 2 bridgehead atoms. The number of rotatable bonds is 5. The fraction of sp³-hybridized carbons (Fsp3) is 0.261. The van der Waals surface area contributed by atoms with Gasteiger partial charge in [0.25, 0.3) is 5.69 Å². The molecule has 2 aromatic carbocycles. The SMILES string of the molecule is O=C(Cc1ccc(N2C(=O)C3C4C=CC(C4)C3C2=O)cc1)Nc1cccc([N+](=O)[O-])c1. The van der Waals surface area contributed by atoms with Crippen molar-refractivity contribution in [2.75, 3.05) is 10.2 Å². The Bertz CT molecular complexity index is 1110. The molecule has 2 aromatic rings. The van der Waals surface area contributed by atoms with Crippen molar-refractivity contribution in [1.82, 2.24) is 0 Å². The lowest BCUT2D eigenvalue weighted by Gasteiger charge is -2.17. The van der Waals surface area contributed by atoms with E-state index in [-0.39, 0.29) is 53.5 Å². The van der Waals surface area contributed by atoms with Gasteiger partial charge in [-0.1, -0.05) is 30.4 Å². The lowest BCUT2D eigenvalue weighted by atomic mass is 9.85. The molecule has 1 aliphatic heterocycles. The van der Waals surface area contributed by atoms with Crippen LogP contribution in [0.1, 0.15) is 12.0 Å². The number of amides is 3. The van der Waals surface area contributed by atoms with E-state index in [0.29, 0.717) is 16.9 Å². The molecular weight excluding hydrogens is 398 g/mol. The first kappa shape index (κ1) is 19.2. The molecule has 1 N–H and O–H groups in total. The molecule has 8 nitrogen and oxygen atoms in total. The number of nitrogens with one attached hydrogen (secondary N) is 1. The molecule has 3 amide bonds. The molecule has 1 saturated carbocycles. The Labute approximate surface area is 177 Å². The minimum atomic E-state index is -0.523. The number of non-ortho nitro benzene ring substituents is 1. The summed E-state index contributed by atoms with van der Waals surface area (Å²) in [7, 11) is 0. The van der Waals surface area contributed by atoms with Crippen molar-refractivity contribution in [3.63, 3.8) is 0 Å². The molecule has 156 valence electrons. The zero-order valence-electron chi connectivity index (χ0n) is 16.4. The van der Waals surface area contributed by atoms with Crippen molar-refractivity contribution in [2.24, 2.45) is 23.7 Å². The maximum atomic E-state index is 12.9. The number of fused-ring (bicyclic) bond motifs is 5. The van der Waals surface area contributed by atoms with Crippen molar-refractivity contribution in [1.29, 1.82) is 0 Å². The number of allylic oxidation sites excluding steroid dienone is 2. The molecule has 4 atom stereocenters. The molecule has 5 rings (SSSR count). The number of carbonyl (C=O) groups excluding carboxylic acids is 3. The average molecular weight is 417 g/mol. The predicted molar refractivity (Wildman–Crippen MR) is 112 cm³/mol. The van der Waals surface area contributed by atoms with Gasteiger partial charge in [0.05, 0.1) is 28.9 Å². The summed E-state index contributed by atoms with van der Waals surface area (Å²) in [5.41, 5.74) is 1.47. The van der Waals surface area contributed by atoms with Crippen LogP contribution in [0.3, 0.4) is 0 Å². The third-order valence-electron chi connectivity index (χ3n) is 6.37. The monoisotopic (exact) mass is 417 g/mol. The van der Waals surface area contributed by atoms with Gasteiger partial charge in [-0.3, -0.25) is 29.4 Å². The Kier molecular flexibility index (Phi) is 4.43. The molecule has 1 heterocycles. The number of benzene rings is 2. The first-order valence-electron chi connectivity index (χ1n) is 10.1. The van der Waals surface area contributed by atoms with Crippen LogP contribution < -0.4 is 10.2 Å². The standard InChI is InChI=1S/C23H19N3O5/c27-19(24-16-2-1-3-18(12-16)26(30)31)10-13-4-8-17(9-5-13)25-22(28)20-14-6-7-15(11-14)21(20)23(25)29/h1-9,12,14-15,20-21H,10-11H2,(H,24,27). The van der Waals surface area contributed by atoms with E-state index in [4.69, 9.17) is 0 Å². The molecule has 31 heavy (non-hydrogen) atoms. The number of hydrogen-bond acceptors (Lipinski definition) is 5. The number of nitro groups is 1. The van der Waals surface area contributed by atoms with E-state index in [9.17, 15) is 24.5 Å². The molecule has 2 fully saturated rings. The highest BCUT2D eigenvalue weighted by Crippen LogP contribution is 2.53. The first-order chi connectivity index (χ1) is 14.9. The quantitative estimate of drug-likeness (QED) is 0.348. The summed E-state index contributed by atoms with van der Waals surface area (Å²) in [6.45, 7) is 0. The third-order valence-corrected chi connectivity index (χ3v) is 6.37. The van der Waals surface area contributed by atoms with Gasteiger partial charge in [0.1, 0.15) is 0 Å². The third kappa shape index (κ3) is 3.20. The van der Waals surface area contributed by atoms with Crippen LogP contribution in [0.2, 0.25) is 0 Å². The van der Waals surface area contributed by atoms with Crippen LogP contribution in [0.4, 0.5) is 17.1 Å². The van der Waals surface area contributed by atoms with Gasteiger partial charge in [0.15, 0.2) is 0 Å².